The maximum atomic E-state index is 11.8. The summed E-state index contributed by atoms with van der Waals surface area (Å²) in [5.74, 6) is -0.161. The summed E-state index contributed by atoms with van der Waals surface area (Å²) in [6.45, 7) is 0.358. The quantitative estimate of drug-likeness (QED) is 0.805. The van der Waals surface area contributed by atoms with Crippen LogP contribution in [0.5, 0.6) is 0 Å². The lowest BCUT2D eigenvalue weighted by Gasteiger charge is -2.05. The SMILES string of the molecule is O=C(CCNC(=O)c1cc(Br)sc1Br)NC1CC1. The molecule has 7 heteroatoms. The van der Waals surface area contributed by atoms with Crippen LogP contribution in [0.2, 0.25) is 0 Å². The molecule has 4 nitrogen and oxygen atoms in total. The molecule has 0 spiro atoms. The zero-order valence-corrected chi connectivity index (χ0v) is 13.5. The number of thiophene rings is 1. The minimum Gasteiger partial charge on any atom is -0.353 e. The van der Waals surface area contributed by atoms with E-state index in [1.807, 2.05) is 0 Å². The molecule has 0 unspecified atom stereocenters. The van der Waals surface area contributed by atoms with Crippen molar-refractivity contribution in [1.29, 1.82) is 0 Å². The number of hydrogen-bond donors (Lipinski definition) is 2. The van der Waals surface area contributed by atoms with E-state index in [-0.39, 0.29) is 11.8 Å². The predicted molar refractivity (Wildman–Crippen MR) is 77.8 cm³/mol. The van der Waals surface area contributed by atoms with E-state index in [1.54, 1.807) is 6.07 Å². The molecule has 0 aromatic carbocycles. The van der Waals surface area contributed by atoms with E-state index in [9.17, 15) is 9.59 Å². The standard InChI is InChI=1S/C11H12Br2N2O2S/c12-8-5-7(10(13)18-8)11(17)14-4-3-9(16)15-6-1-2-6/h5-6H,1-4H2,(H,14,17)(H,15,16). The maximum Gasteiger partial charge on any atom is 0.253 e. The van der Waals surface area contributed by atoms with Crippen LogP contribution < -0.4 is 10.6 Å². The van der Waals surface area contributed by atoms with Gasteiger partial charge < -0.3 is 10.6 Å². The van der Waals surface area contributed by atoms with Crippen LogP contribution in [0.15, 0.2) is 13.6 Å². The van der Waals surface area contributed by atoms with Gasteiger partial charge in [-0.25, -0.2) is 0 Å². The van der Waals surface area contributed by atoms with Crippen LogP contribution in [0.3, 0.4) is 0 Å². The first-order chi connectivity index (χ1) is 8.56. The fraction of sp³-hybridized carbons (Fsp3) is 0.455. The van der Waals surface area contributed by atoms with Gasteiger partial charge in [-0.05, 0) is 50.8 Å². The second kappa shape index (κ2) is 6.16. The Morgan fingerprint density at radius 1 is 1.39 bits per heavy atom. The normalized spacial score (nSPS) is 14.3. The molecule has 18 heavy (non-hydrogen) atoms. The van der Waals surface area contributed by atoms with Gasteiger partial charge in [0.25, 0.3) is 5.91 Å². The Morgan fingerprint density at radius 3 is 2.67 bits per heavy atom. The maximum absolute atomic E-state index is 11.8. The molecule has 1 heterocycles. The lowest BCUT2D eigenvalue weighted by atomic mass is 10.3. The number of halogens is 2. The van der Waals surface area contributed by atoms with Crippen LogP contribution in [-0.4, -0.2) is 24.4 Å². The molecule has 98 valence electrons. The molecule has 0 bridgehead atoms. The molecule has 1 aliphatic carbocycles. The fourth-order valence-electron chi connectivity index (χ4n) is 1.41. The Labute approximate surface area is 126 Å². The second-order valence-electron chi connectivity index (χ2n) is 4.09. The Balaban J connectivity index is 1.74. The number of carbonyl (C=O) groups excluding carboxylic acids is 2. The highest BCUT2D eigenvalue weighted by atomic mass is 79.9. The molecule has 1 saturated carbocycles. The van der Waals surface area contributed by atoms with Gasteiger partial charge in [-0.3, -0.25) is 9.59 Å². The average molecular weight is 396 g/mol. The number of hydrogen-bond acceptors (Lipinski definition) is 3. The topological polar surface area (TPSA) is 58.2 Å². The number of carbonyl (C=O) groups is 2. The number of amides is 2. The van der Waals surface area contributed by atoms with Crippen LogP contribution in [0, 0.1) is 0 Å². The number of nitrogens with one attached hydrogen (secondary N) is 2. The molecule has 1 aromatic rings. The van der Waals surface area contributed by atoms with Gasteiger partial charge in [-0.1, -0.05) is 0 Å². The van der Waals surface area contributed by atoms with E-state index in [0.717, 1.165) is 20.4 Å². The average Bonchev–Trinajstić information content (AvgIpc) is 3.02. The van der Waals surface area contributed by atoms with Crippen LogP contribution in [-0.2, 0) is 4.79 Å². The van der Waals surface area contributed by atoms with Crippen LogP contribution in [0.25, 0.3) is 0 Å². The highest BCUT2D eigenvalue weighted by Crippen LogP contribution is 2.31. The van der Waals surface area contributed by atoms with Crippen molar-refractivity contribution in [3.05, 3.63) is 19.2 Å². The Hall–Kier alpha value is -0.400. The van der Waals surface area contributed by atoms with E-state index < -0.39 is 0 Å². The summed E-state index contributed by atoms with van der Waals surface area (Å²) in [6.07, 6.45) is 2.48. The van der Waals surface area contributed by atoms with Crippen molar-refractivity contribution in [3.8, 4) is 0 Å². The van der Waals surface area contributed by atoms with Crippen molar-refractivity contribution in [2.24, 2.45) is 0 Å². The third-order valence-electron chi connectivity index (χ3n) is 2.48. The Kier molecular flexibility index (Phi) is 4.80. The van der Waals surface area contributed by atoms with E-state index in [0.29, 0.717) is 24.6 Å². The Morgan fingerprint density at radius 2 is 2.11 bits per heavy atom. The summed E-state index contributed by atoms with van der Waals surface area (Å²) < 4.78 is 1.68. The molecule has 2 rings (SSSR count). The van der Waals surface area contributed by atoms with Crippen LogP contribution >= 0.6 is 43.2 Å². The molecule has 1 fully saturated rings. The molecule has 1 aliphatic rings. The first kappa shape index (κ1) is 14.0. The zero-order chi connectivity index (χ0) is 13.1. The van der Waals surface area contributed by atoms with Gasteiger partial charge in [0, 0.05) is 19.0 Å². The minimum atomic E-state index is -0.164. The van der Waals surface area contributed by atoms with Gasteiger partial charge in [-0.2, -0.15) is 0 Å². The first-order valence-electron chi connectivity index (χ1n) is 5.58. The molecule has 0 radical (unpaired) electrons. The summed E-state index contributed by atoms with van der Waals surface area (Å²) in [6, 6.07) is 2.13. The van der Waals surface area contributed by atoms with E-state index >= 15 is 0 Å². The predicted octanol–water partition coefficient (Wildman–Crippen LogP) is 2.67. The van der Waals surface area contributed by atoms with Gasteiger partial charge in [0.2, 0.25) is 5.91 Å². The molecular formula is C11H12Br2N2O2S. The summed E-state index contributed by atoms with van der Waals surface area (Å²) in [4.78, 5) is 23.2. The van der Waals surface area contributed by atoms with Gasteiger partial charge in [0.05, 0.1) is 13.1 Å². The van der Waals surface area contributed by atoms with E-state index in [1.165, 1.54) is 11.3 Å². The van der Waals surface area contributed by atoms with Gasteiger partial charge in [0.15, 0.2) is 0 Å². The first-order valence-corrected chi connectivity index (χ1v) is 7.99. The molecule has 2 amide bonds. The molecule has 0 saturated heterocycles. The highest BCUT2D eigenvalue weighted by Gasteiger charge is 2.23. The van der Waals surface area contributed by atoms with Gasteiger partial charge in [0.1, 0.15) is 0 Å². The van der Waals surface area contributed by atoms with Crippen LogP contribution in [0.1, 0.15) is 29.6 Å². The monoisotopic (exact) mass is 394 g/mol. The molecule has 2 N–H and O–H groups in total. The molecular weight excluding hydrogens is 384 g/mol. The van der Waals surface area contributed by atoms with Gasteiger partial charge in [-0.15, -0.1) is 11.3 Å². The Bertz CT molecular complexity index is 472. The van der Waals surface area contributed by atoms with Gasteiger partial charge >= 0.3 is 0 Å². The molecule has 1 aromatic heterocycles. The summed E-state index contributed by atoms with van der Waals surface area (Å²) >= 11 is 8.10. The lowest BCUT2D eigenvalue weighted by Crippen LogP contribution is -2.31. The minimum absolute atomic E-state index is 0.00312. The largest absolute Gasteiger partial charge is 0.353 e. The summed E-state index contributed by atoms with van der Waals surface area (Å²) in [5, 5.41) is 5.61. The molecule has 0 aliphatic heterocycles. The summed E-state index contributed by atoms with van der Waals surface area (Å²) in [7, 11) is 0. The van der Waals surface area contributed by atoms with Crippen molar-refractivity contribution < 1.29 is 9.59 Å². The van der Waals surface area contributed by atoms with Crippen molar-refractivity contribution in [1.82, 2.24) is 10.6 Å². The highest BCUT2D eigenvalue weighted by molar-refractivity contribution is 9.12. The van der Waals surface area contributed by atoms with E-state index in [2.05, 4.69) is 42.5 Å². The number of rotatable bonds is 5. The van der Waals surface area contributed by atoms with Crippen molar-refractivity contribution in [2.45, 2.75) is 25.3 Å². The zero-order valence-electron chi connectivity index (χ0n) is 9.46. The van der Waals surface area contributed by atoms with Crippen molar-refractivity contribution >= 4 is 55.0 Å². The van der Waals surface area contributed by atoms with E-state index in [4.69, 9.17) is 0 Å². The smallest absolute Gasteiger partial charge is 0.253 e. The fourth-order valence-corrected chi connectivity index (χ4v) is 4.20. The van der Waals surface area contributed by atoms with Crippen molar-refractivity contribution in [2.75, 3.05) is 6.54 Å². The van der Waals surface area contributed by atoms with Crippen molar-refractivity contribution in [3.63, 3.8) is 0 Å². The third-order valence-corrected chi connectivity index (χ3v) is 4.82. The third kappa shape index (κ3) is 4.07. The second-order valence-corrected chi connectivity index (χ2v) is 7.83. The summed E-state index contributed by atoms with van der Waals surface area (Å²) in [5.41, 5.74) is 0.592. The lowest BCUT2D eigenvalue weighted by molar-refractivity contribution is -0.121. The van der Waals surface area contributed by atoms with Crippen LogP contribution in [0.4, 0.5) is 0 Å². The molecule has 0 atom stereocenters.